The van der Waals surface area contributed by atoms with E-state index in [0.717, 1.165) is 19.6 Å². The number of carbonyl (C=O) groups excluding carboxylic acids is 1. The van der Waals surface area contributed by atoms with Gasteiger partial charge in [-0.1, -0.05) is 6.07 Å². The van der Waals surface area contributed by atoms with Gasteiger partial charge in [-0.3, -0.25) is 4.90 Å². The normalized spacial score (nSPS) is 16.8. The maximum atomic E-state index is 11.4. The number of hydrogen-bond donors (Lipinski definition) is 0. The molecule has 0 aliphatic carbocycles. The Hall–Kier alpha value is -0.870. The van der Waals surface area contributed by atoms with E-state index in [9.17, 15) is 4.79 Å². The average Bonchev–Trinajstić information content (AvgIpc) is 2.90. The lowest BCUT2D eigenvalue weighted by atomic mass is 10.4. The molecular formula is C11H15NO2S. The van der Waals surface area contributed by atoms with Crippen molar-refractivity contribution in [2.75, 3.05) is 26.2 Å². The standard InChI is InChI=1S/C11H15NO2S/c13-11(10-4-3-9-15-10)14-8-7-12-5-1-2-6-12/h3-4,9H,1-2,5-8H2. The number of nitrogens with zero attached hydrogens (tertiary/aromatic N) is 1. The van der Waals surface area contributed by atoms with Crippen LogP contribution in [0.5, 0.6) is 0 Å². The lowest BCUT2D eigenvalue weighted by molar-refractivity contribution is 0.0478. The van der Waals surface area contributed by atoms with Crippen LogP contribution in [0.2, 0.25) is 0 Å². The third-order valence-electron chi connectivity index (χ3n) is 2.56. The third-order valence-corrected chi connectivity index (χ3v) is 3.41. The summed E-state index contributed by atoms with van der Waals surface area (Å²) in [7, 11) is 0. The van der Waals surface area contributed by atoms with E-state index in [1.54, 1.807) is 6.07 Å². The van der Waals surface area contributed by atoms with Crippen molar-refractivity contribution < 1.29 is 9.53 Å². The zero-order valence-electron chi connectivity index (χ0n) is 8.65. The molecule has 0 spiro atoms. The second-order valence-corrected chi connectivity index (χ2v) is 4.61. The van der Waals surface area contributed by atoms with Crippen LogP contribution >= 0.6 is 11.3 Å². The topological polar surface area (TPSA) is 29.5 Å². The Balaban J connectivity index is 1.67. The van der Waals surface area contributed by atoms with E-state index < -0.39 is 0 Å². The lowest BCUT2D eigenvalue weighted by Crippen LogP contribution is -2.25. The Morgan fingerprint density at radius 1 is 1.47 bits per heavy atom. The molecule has 1 aromatic heterocycles. The Morgan fingerprint density at radius 3 is 2.93 bits per heavy atom. The number of hydrogen-bond acceptors (Lipinski definition) is 4. The van der Waals surface area contributed by atoms with Gasteiger partial charge in [0.15, 0.2) is 0 Å². The highest BCUT2D eigenvalue weighted by Crippen LogP contribution is 2.10. The molecule has 0 atom stereocenters. The first-order valence-corrected chi connectivity index (χ1v) is 6.17. The fourth-order valence-electron chi connectivity index (χ4n) is 1.74. The van der Waals surface area contributed by atoms with Gasteiger partial charge in [0.1, 0.15) is 11.5 Å². The Kier molecular flexibility index (Phi) is 3.75. The van der Waals surface area contributed by atoms with Crippen molar-refractivity contribution in [3.8, 4) is 0 Å². The SMILES string of the molecule is O=C(OCCN1CCCC1)c1cccs1. The molecule has 1 aliphatic rings. The van der Waals surface area contributed by atoms with Crippen molar-refractivity contribution in [3.63, 3.8) is 0 Å². The molecule has 1 fully saturated rings. The summed E-state index contributed by atoms with van der Waals surface area (Å²) in [5.41, 5.74) is 0. The van der Waals surface area contributed by atoms with Crippen LogP contribution in [0, 0.1) is 0 Å². The molecule has 4 heteroatoms. The van der Waals surface area contributed by atoms with Crippen molar-refractivity contribution in [1.29, 1.82) is 0 Å². The summed E-state index contributed by atoms with van der Waals surface area (Å²) in [5.74, 6) is -0.191. The minimum absolute atomic E-state index is 0.191. The molecule has 1 saturated heterocycles. The molecule has 0 aromatic carbocycles. The number of esters is 1. The molecule has 2 rings (SSSR count). The monoisotopic (exact) mass is 225 g/mol. The predicted molar refractivity (Wildman–Crippen MR) is 60.3 cm³/mol. The Labute approximate surface area is 93.7 Å². The molecular weight excluding hydrogens is 210 g/mol. The minimum Gasteiger partial charge on any atom is -0.460 e. The molecule has 0 saturated carbocycles. The van der Waals surface area contributed by atoms with Crippen molar-refractivity contribution in [2.24, 2.45) is 0 Å². The molecule has 0 radical (unpaired) electrons. The Bertz CT molecular complexity index is 304. The van der Waals surface area contributed by atoms with Crippen molar-refractivity contribution in [3.05, 3.63) is 22.4 Å². The first kappa shape index (κ1) is 10.6. The maximum Gasteiger partial charge on any atom is 0.348 e. The quantitative estimate of drug-likeness (QED) is 0.734. The van der Waals surface area contributed by atoms with Gasteiger partial charge in [0.25, 0.3) is 0 Å². The van der Waals surface area contributed by atoms with Crippen LogP contribution in [-0.2, 0) is 4.74 Å². The molecule has 0 bridgehead atoms. The van der Waals surface area contributed by atoms with Gasteiger partial charge < -0.3 is 4.74 Å². The molecule has 82 valence electrons. The van der Waals surface area contributed by atoms with Gasteiger partial charge in [-0.2, -0.15) is 0 Å². The zero-order valence-corrected chi connectivity index (χ0v) is 9.46. The summed E-state index contributed by atoms with van der Waals surface area (Å²) >= 11 is 1.43. The highest BCUT2D eigenvalue weighted by atomic mass is 32.1. The first-order valence-electron chi connectivity index (χ1n) is 5.29. The lowest BCUT2D eigenvalue weighted by Gasteiger charge is -2.13. The van der Waals surface area contributed by atoms with Gasteiger partial charge in [0.2, 0.25) is 0 Å². The zero-order chi connectivity index (χ0) is 10.5. The van der Waals surface area contributed by atoms with Gasteiger partial charge in [-0.05, 0) is 37.4 Å². The molecule has 1 aromatic rings. The summed E-state index contributed by atoms with van der Waals surface area (Å²) in [4.78, 5) is 14.5. The van der Waals surface area contributed by atoms with Crippen LogP contribution < -0.4 is 0 Å². The van der Waals surface area contributed by atoms with E-state index in [-0.39, 0.29) is 5.97 Å². The predicted octanol–water partition coefficient (Wildman–Crippen LogP) is 2.00. The number of thiophene rings is 1. The summed E-state index contributed by atoms with van der Waals surface area (Å²) < 4.78 is 5.18. The molecule has 0 unspecified atom stereocenters. The van der Waals surface area contributed by atoms with Crippen LogP contribution in [-0.4, -0.2) is 37.1 Å². The van der Waals surface area contributed by atoms with Crippen molar-refractivity contribution >= 4 is 17.3 Å². The molecule has 0 amide bonds. The minimum atomic E-state index is -0.191. The summed E-state index contributed by atoms with van der Waals surface area (Å²) in [6, 6.07) is 3.66. The van der Waals surface area contributed by atoms with E-state index >= 15 is 0 Å². The summed E-state index contributed by atoms with van der Waals surface area (Å²) in [6.07, 6.45) is 2.55. The van der Waals surface area contributed by atoms with Crippen LogP contribution in [0.1, 0.15) is 22.5 Å². The van der Waals surface area contributed by atoms with Gasteiger partial charge in [-0.25, -0.2) is 4.79 Å². The average molecular weight is 225 g/mol. The number of rotatable bonds is 4. The third kappa shape index (κ3) is 3.04. The van der Waals surface area contributed by atoms with Gasteiger partial charge in [0.05, 0.1) is 0 Å². The largest absolute Gasteiger partial charge is 0.460 e. The van der Waals surface area contributed by atoms with E-state index in [1.807, 2.05) is 11.4 Å². The number of carbonyl (C=O) groups is 1. The second-order valence-electron chi connectivity index (χ2n) is 3.66. The molecule has 3 nitrogen and oxygen atoms in total. The van der Waals surface area contributed by atoms with Crippen LogP contribution in [0.25, 0.3) is 0 Å². The molecule has 2 heterocycles. The van der Waals surface area contributed by atoms with Gasteiger partial charge >= 0.3 is 5.97 Å². The van der Waals surface area contributed by atoms with Crippen LogP contribution in [0.3, 0.4) is 0 Å². The first-order chi connectivity index (χ1) is 7.36. The fraction of sp³-hybridized carbons (Fsp3) is 0.545. The smallest absolute Gasteiger partial charge is 0.348 e. The highest BCUT2D eigenvalue weighted by Gasteiger charge is 2.12. The Morgan fingerprint density at radius 2 is 2.27 bits per heavy atom. The van der Waals surface area contributed by atoms with E-state index in [2.05, 4.69) is 4.90 Å². The number of ether oxygens (including phenoxy) is 1. The van der Waals surface area contributed by atoms with E-state index in [4.69, 9.17) is 4.74 Å². The van der Waals surface area contributed by atoms with E-state index in [1.165, 1.54) is 24.2 Å². The van der Waals surface area contributed by atoms with Crippen molar-refractivity contribution in [2.45, 2.75) is 12.8 Å². The molecule has 0 N–H and O–H groups in total. The molecule has 1 aliphatic heterocycles. The van der Waals surface area contributed by atoms with Crippen LogP contribution in [0.15, 0.2) is 17.5 Å². The van der Waals surface area contributed by atoms with Gasteiger partial charge in [-0.15, -0.1) is 11.3 Å². The fourth-order valence-corrected chi connectivity index (χ4v) is 2.36. The molecule has 15 heavy (non-hydrogen) atoms. The van der Waals surface area contributed by atoms with Gasteiger partial charge in [0, 0.05) is 6.54 Å². The van der Waals surface area contributed by atoms with E-state index in [0.29, 0.717) is 11.5 Å². The number of likely N-dealkylation sites (tertiary alicyclic amines) is 1. The maximum absolute atomic E-state index is 11.4. The van der Waals surface area contributed by atoms with Crippen molar-refractivity contribution in [1.82, 2.24) is 4.90 Å². The highest BCUT2D eigenvalue weighted by molar-refractivity contribution is 7.11. The summed E-state index contributed by atoms with van der Waals surface area (Å²) in [6.45, 7) is 3.68. The second kappa shape index (κ2) is 5.28. The summed E-state index contributed by atoms with van der Waals surface area (Å²) in [5, 5.41) is 1.89. The van der Waals surface area contributed by atoms with Crippen LogP contribution in [0.4, 0.5) is 0 Å².